The summed E-state index contributed by atoms with van der Waals surface area (Å²) < 4.78 is 26.7. The van der Waals surface area contributed by atoms with Crippen molar-refractivity contribution in [3.8, 4) is 0 Å². The summed E-state index contributed by atoms with van der Waals surface area (Å²) in [6.07, 6.45) is 0.652. The monoisotopic (exact) mass is 252 g/mol. The third-order valence-corrected chi connectivity index (χ3v) is 3.67. The quantitative estimate of drug-likeness (QED) is 0.717. The molecule has 0 saturated heterocycles. The summed E-state index contributed by atoms with van der Waals surface area (Å²) in [5.41, 5.74) is 2.48. The van der Waals surface area contributed by atoms with Gasteiger partial charge in [-0.25, -0.2) is 8.78 Å². The molecule has 0 amide bonds. The van der Waals surface area contributed by atoms with Gasteiger partial charge in [-0.05, 0) is 38.3 Å². The zero-order valence-electron chi connectivity index (χ0n) is 10.8. The SMILES string of the molecule is Cc1ccc(C)c(C(=O)C2CCCC(F)(F)C2)c1. The molecule has 0 heterocycles. The molecule has 1 aromatic carbocycles. The Morgan fingerprint density at radius 2 is 2.06 bits per heavy atom. The smallest absolute Gasteiger partial charge is 0.248 e. The van der Waals surface area contributed by atoms with Crippen molar-refractivity contribution in [2.75, 3.05) is 0 Å². The summed E-state index contributed by atoms with van der Waals surface area (Å²) in [6.45, 7) is 3.76. The molecule has 1 aromatic rings. The fourth-order valence-corrected chi connectivity index (χ4v) is 2.62. The summed E-state index contributed by atoms with van der Waals surface area (Å²) in [5.74, 6) is -3.30. The Bertz CT molecular complexity index is 466. The number of rotatable bonds is 2. The predicted octanol–water partition coefficient (Wildman–Crippen LogP) is 4.31. The molecule has 2 rings (SSSR count). The first-order chi connectivity index (χ1) is 8.39. The van der Waals surface area contributed by atoms with Crippen molar-refractivity contribution >= 4 is 5.78 Å². The van der Waals surface area contributed by atoms with Gasteiger partial charge in [-0.2, -0.15) is 0 Å². The van der Waals surface area contributed by atoms with Gasteiger partial charge in [0.2, 0.25) is 5.92 Å². The molecule has 1 nitrogen and oxygen atoms in total. The molecule has 1 saturated carbocycles. The molecule has 1 atom stereocenters. The van der Waals surface area contributed by atoms with E-state index in [4.69, 9.17) is 0 Å². The van der Waals surface area contributed by atoms with Crippen LogP contribution in [0.3, 0.4) is 0 Å². The number of hydrogen-bond acceptors (Lipinski definition) is 1. The van der Waals surface area contributed by atoms with Crippen molar-refractivity contribution in [2.24, 2.45) is 5.92 Å². The number of aryl methyl sites for hydroxylation is 2. The number of halogens is 2. The lowest BCUT2D eigenvalue weighted by atomic mass is 9.81. The average molecular weight is 252 g/mol. The van der Waals surface area contributed by atoms with Gasteiger partial charge in [-0.15, -0.1) is 0 Å². The molecule has 0 radical (unpaired) electrons. The Morgan fingerprint density at radius 3 is 2.72 bits per heavy atom. The molecule has 1 fully saturated rings. The molecule has 18 heavy (non-hydrogen) atoms. The zero-order valence-corrected chi connectivity index (χ0v) is 10.8. The molecule has 0 N–H and O–H groups in total. The van der Waals surface area contributed by atoms with E-state index in [1.807, 2.05) is 32.0 Å². The minimum Gasteiger partial charge on any atom is -0.294 e. The molecule has 3 heteroatoms. The normalized spacial score (nSPS) is 22.8. The second-order valence-corrected chi connectivity index (χ2v) is 5.33. The van der Waals surface area contributed by atoms with E-state index in [2.05, 4.69) is 0 Å². The second-order valence-electron chi connectivity index (χ2n) is 5.33. The van der Waals surface area contributed by atoms with Gasteiger partial charge in [0.1, 0.15) is 0 Å². The maximum absolute atomic E-state index is 13.4. The molecule has 1 aliphatic rings. The third-order valence-electron chi connectivity index (χ3n) is 3.67. The van der Waals surface area contributed by atoms with E-state index < -0.39 is 11.8 Å². The highest BCUT2D eigenvalue weighted by atomic mass is 19.3. The van der Waals surface area contributed by atoms with Gasteiger partial charge in [0.15, 0.2) is 5.78 Å². The van der Waals surface area contributed by atoms with Crippen LogP contribution >= 0.6 is 0 Å². The van der Waals surface area contributed by atoms with E-state index in [0.29, 0.717) is 18.4 Å². The predicted molar refractivity (Wildman–Crippen MR) is 67.2 cm³/mol. The van der Waals surface area contributed by atoms with E-state index >= 15 is 0 Å². The summed E-state index contributed by atoms with van der Waals surface area (Å²) in [6, 6.07) is 5.62. The lowest BCUT2D eigenvalue weighted by Gasteiger charge is -2.28. The summed E-state index contributed by atoms with van der Waals surface area (Å²) in [7, 11) is 0. The molecular formula is C15H18F2O. The molecule has 0 spiro atoms. The van der Waals surface area contributed by atoms with Crippen LogP contribution in [0.1, 0.15) is 47.2 Å². The number of hydrogen-bond donors (Lipinski definition) is 0. The molecule has 0 aromatic heterocycles. The van der Waals surface area contributed by atoms with Crippen LogP contribution in [0.4, 0.5) is 8.78 Å². The minimum absolute atomic E-state index is 0.0798. The van der Waals surface area contributed by atoms with Crippen molar-refractivity contribution in [3.63, 3.8) is 0 Å². The van der Waals surface area contributed by atoms with E-state index in [1.165, 1.54) is 0 Å². The van der Waals surface area contributed by atoms with Crippen LogP contribution in [-0.4, -0.2) is 11.7 Å². The van der Waals surface area contributed by atoms with Crippen LogP contribution in [-0.2, 0) is 0 Å². The van der Waals surface area contributed by atoms with E-state index in [9.17, 15) is 13.6 Å². The number of alkyl halides is 2. The maximum Gasteiger partial charge on any atom is 0.248 e. The number of benzene rings is 1. The Kier molecular flexibility index (Phi) is 3.51. The lowest BCUT2D eigenvalue weighted by Crippen LogP contribution is -2.30. The van der Waals surface area contributed by atoms with Gasteiger partial charge < -0.3 is 0 Å². The van der Waals surface area contributed by atoms with Gasteiger partial charge in [-0.1, -0.05) is 17.7 Å². The number of Topliss-reactive ketones (excluding diaryl/α,β-unsaturated/α-hetero) is 1. The largest absolute Gasteiger partial charge is 0.294 e. The van der Waals surface area contributed by atoms with E-state index in [-0.39, 0.29) is 18.6 Å². The van der Waals surface area contributed by atoms with Gasteiger partial charge in [-0.3, -0.25) is 4.79 Å². The highest BCUT2D eigenvalue weighted by Crippen LogP contribution is 2.38. The Balaban J connectivity index is 2.23. The van der Waals surface area contributed by atoms with E-state index in [1.54, 1.807) is 0 Å². The molecular weight excluding hydrogens is 234 g/mol. The number of carbonyl (C=O) groups is 1. The standard InChI is InChI=1S/C15H18F2O/c1-10-5-6-11(2)13(8-10)14(18)12-4-3-7-15(16,17)9-12/h5-6,8,12H,3-4,7,9H2,1-2H3. The van der Waals surface area contributed by atoms with Gasteiger partial charge >= 0.3 is 0 Å². The summed E-state index contributed by atoms with van der Waals surface area (Å²) in [5, 5.41) is 0. The minimum atomic E-state index is -2.67. The molecule has 0 bridgehead atoms. The Morgan fingerprint density at radius 1 is 1.33 bits per heavy atom. The van der Waals surface area contributed by atoms with E-state index in [0.717, 1.165) is 11.1 Å². The van der Waals surface area contributed by atoms with Crippen LogP contribution in [0.2, 0.25) is 0 Å². The topological polar surface area (TPSA) is 17.1 Å². The third kappa shape index (κ3) is 2.77. The Labute approximate surface area is 106 Å². The van der Waals surface area contributed by atoms with Crippen LogP contribution < -0.4 is 0 Å². The lowest BCUT2D eigenvalue weighted by molar-refractivity contribution is -0.0478. The molecule has 1 unspecified atom stereocenters. The van der Waals surface area contributed by atoms with Crippen LogP contribution in [0.15, 0.2) is 18.2 Å². The highest BCUT2D eigenvalue weighted by Gasteiger charge is 2.39. The Hall–Kier alpha value is -1.25. The molecule has 98 valence electrons. The first-order valence-corrected chi connectivity index (χ1v) is 6.38. The maximum atomic E-state index is 13.4. The first kappa shape index (κ1) is 13.2. The van der Waals surface area contributed by atoms with Crippen LogP contribution in [0.25, 0.3) is 0 Å². The molecule has 1 aliphatic carbocycles. The second kappa shape index (κ2) is 4.79. The fourth-order valence-electron chi connectivity index (χ4n) is 2.62. The fraction of sp³-hybridized carbons (Fsp3) is 0.533. The zero-order chi connectivity index (χ0) is 13.3. The number of ketones is 1. The van der Waals surface area contributed by atoms with Crippen LogP contribution in [0, 0.1) is 19.8 Å². The van der Waals surface area contributed by atoms with Crippen molar-refractivity contribution in [1.82, 2.24) is 0 Å². The first-order valence-electron chi connectivity index (χ1n) is 6.38. The van der Waals surface area contributed by atoms with Crippen molar-refractivity contribution in [2.45, 2.75) is 45.5 Å². The van der Waals surface area contributed by atoms with Gasteiger partial charge in [0, 0.05) is 24.3 Å². The van der Waals surface area contributed by atoms with Gasteiger partial charge in [0.25, 0.3) is 0 Å². The average Bonchev–Trinajstić information content (AvgIpc) is 2.30. The van der Waals surface area contributed by atoms with Crippen molar-refractivity contribution in [3.05, 3.63) is 34.9 Å². The summed E-state index contributed by atoms with van der Waals surface area (Å²) in [4.78, 5) is 12.3. The molecule has 0 aliphatic heterocycles. The number of carbonyl (C=O) groups excluding carboxylic acids is 1. The van der Waals surface area contributed by atoms with Crippen molar-refractivity contribution in [1.29, 1.82) is 0 Å². The highest BCUT2D eigenvalue weighted by molar-refractivity contribution is 5.99. The van der Waals surface area contributed by atoms with Crippen LogP contribution in [0.5, 0.6) is 0 Å². The van der Waals surface area contributed by atoms with Gasteiger partial charge in [0.05, 0.1) is 0 Å². The van der Waals surface area contributed by atoms with Crippen molar-refractivity contribution < 1.29 is 13.6 Å². The summed E-state index contributed by atoms with van der Waals surface area (Å²) >= 11 is 0.